The van der Waals surface area contributed by atoms with E-state index in [0.29, 0.717) is 25.3 Å². The molecule has 122 valence electrons. The molecule has 6 heteroatoms. The molecule has 0 bridgehead atoms. The van der Waals surface area contributed by atoms with Crippen LogP contribution in [-0.2, 0) is 14.3 Å². The van der Waals surface area contributed by atoms with E-state index in [0.717, 1.165) is 9.37 Å². The molecular formula is C16H22BrNO3S. The van der Waals surface area contributed by atoms with Crippen LogP contribution in [0.1, 0.15) is 20.3 Å². The molecule has 1 unspecified atom stereocenters. The Bertz CT molecular complexity index is 510. The third-order valence-corrected chi connectivity index (χ3v) is 5.27. The second-order valence-electron chi connectivity index (χ2n) is 4.89. The Morgan fingerprint density at radius 3 is 2.64 bits per heavy atom. The van der Waals surface area contributed by atoms with E-state index < -0.39 is 0 Å². The van der Waals surface area contributed by atoms with Crippen molar-refractivity contribution in [1.82, 2.24) is 4.90 Å². The Hall–Kier alpha value is -1.01. The van der Waals surface area contributed by atoms with Gasteiger partial charge in [-0.05, 0) is 35.0 Å². The van der Waals surface area contributed by atoms with Crippen molar-refractivity contribution in [1.29, 1.82) is 0 Å². The number of hydrogen-bond acceptors (Lipinski definition) is 4. The molecule has 22 heavy (non-hydrogen) atoms. The zero-order chi connectivity index (χ0) is 16.5. The Balaban J connectivity index is 2.45. The lowest BCUT2D eigenvalue weighted by molar-refractivity contribution is -0.146. The van der Waals surface area contributed by atoms with Crippen molar-refractivity contribution in [3.8, 4) is 0 Å². The number of esters is 1. The van der Waals surface area contributed by atoms with Gasteiger partial charge in [-0.3, -0.25) is 9.59 Å². The molecule has 4 nitrogen and oxygen atoms in total. The fraction of sp³-hybridized carbons (Fsp3) is 0.500. The number of halogens is 1. The van der Waals surface area contributed by atoms with Crippen molar-refractivity contribution >= 4 is 39.6 Å². The van der Waals surface area contributed by atoms with Crippen molar-refractivity contribution in [2.45, 2.75) is 25.2 Å². The summed E-state index contributed by atoms with van der Waals surface area (Å²) in [5.41, 5.74) is 0. The van der Waals surface area contributed by atoms with Gasteiger partial charge in [0.2, 0.25) is 5.91 Å². The first-order valence-corrected chi connectivity index (χ1v) is 9.00. The van der Waals surface area contributed by atoms with Gasteiger partial charge in [0.1, 0.15) is 0 Å². The summed E-state index contributed by atoms with van der Waals surface area (Å²) in [6.45, 7) is 4.70. The predicted molar refractivity (Wildman–Crippen MR) is 92.9 cm³/mol. The molecule has 1 amide bonds. The second kappa shape index (κ2) is 9.90. The van der Waals surface area contributed by atoms with E-state index in [1.165, 1.54) is 7.11 Å². The molecule has 1 atom stereocenters. The van der Waals surface area contributed by atoms with Crippen LogP contribution in [0.3, 0.4) is 0 Å². The van der Waals surface area contributed by atoms with Crippen LogP contribution in [0.4, 0.5) is 0 Å². The summed E-state index contributed by atoms with van der Waals surface area (Å²) in [5.74, 6) is 0.196. The van der Waals surface area contributed by atoms with Crippen molar-refractivity contribution in [3.05, 3.63) is 28.7 Å². The van der Waals surface area contributed by atoms with Crippen LogP contribution in [0.25, 0.3) is 0 Å². The van der Waals surface area contributed by atoms with Crippen LogP contribution in [0.2, 0.25) is 0 Å². The van der Waals surface area contributed by atoms with E-state index in [1.807, 2.05) is 31.2 Å². The highest BCUT2D eigenvalue weighted by Gasteiger charge is 2.20. The Morgan fingerprint density at radius 1 is 1.36 bits per heavy atom. The Morgan fingerprint density at radius 2 is 2.05 bits per heavy atom. The standard InChI is InChI=1S/C16H22BrNO3S/c1-4-18(11-12(2)16(20)21-3)15(19)9-10-22-14-8-6-5-7-13(14)17/h5-8,12H,4,9-11H2,1-3H3. The summed E-state index contributed by atoms with van der Waals surface area (Å²) in [6.07, 6.45) is 0.452. The van der Waals surface area contributed by atoms with Crippen LogP contribution in [0.15, 0.2) is 33.6 Å². The maximum absolute atomic E-state index is 12.2. The number of nitrogens with zero attached hydrogens (tertiary/aromatic N) is 1. The molecule has 0 radical (unpaired) electrons. The summed E-state index contributed by atoms with van der Waals surface area (Å²) in [5, 5.41) is 0. The fourth-order valence-corrected chi connectivity index (χ4v) is 3.49. The summed E-state index contributed by atoms with van der Waals surface area (Å²) in [4.78, 5) is 26.5. The molecule has 0 N–H and O–H groups in total. The van der Waals surface area contributed by atoms with Gasteiger partial charge in [-0.25, -0.2) is 0 Å². The number of carbonyl (C=O) groups is 2. The molecule has 1 aromatic rings. The molecule has 0 aliphatic carbocycles. The number of benzene rings is 1. The monoisotopic (exact) mass is 387 g/mol. The van der Waals surface area contributed by atoms with Crippen molar-refractivity contribution in [3.63, 3.8) is 0 Å². The summed E-state index contributed by atoms with van der Waals surface area (Å²) in [6, 6.07) is 7.95. The van der Waals surface area contributed by atoms with Gasteiger partial charge in [0.15, 0.2) is 0 Å². The summed E-state index contributed by atoms with van der Waals surface area (Å²) < 4.78 is 5.74. The van der Waals surface area contributed by atoms with E-state index in [9.17, 15) is 9.59 Å². The number of hydrogen-bond donors (Lipinski definition) is 0. The molecule has 0 spiro atoms. The second-order valence-corrected chi connectivity index (χ2v) is 6.88. The highest BCUT2D eigenvalue weighted by molar-refractivity contribution is 9.10. The highest BCUT2D eigenvalue weighted by Crippen LogP contribution is 2.27. The van der Waals surface area contributed by atoms with Gasteiger partial charge in [-0.1, -0.05) is 19.1 Å². The van der Waals surface area contributed by atoms with E-state index in [2.05, 4.69) is 15.9 Å². The lowest BCUT2D eigenvalue weighted by Crippen LogP contribution is -2.37. The normalized spacial score (nSPS) is 11.8. The number of rotatable bonds is 8. The number of thioether (sulfide) groups is 1. The first-order valence-electron chi connectivity index (χ1n) is 7.22. The van der Waals surface area contributed by atoms with Crippen LogP contribution in [0.5, 0.6) is 0 Å². The summed E-state index contributed by atoms with van der Waals surface area (Å²) >= 11 is 5.14. The molecule has 0 fully saturated rings. The summed E-state index contributed by atoms with van der Waals surface area (Å²) in [7, 11) is 1.37. The van der Waals surface area contributed by atoms with Crippen LogP contribution < -0.4 is 0 Å². The van der Waals surface area contributed by atoms with Crippen LogP contribution >= 0.6 is 27.7 Å². The van der Waals surface area contributed by atoms with Gasteiger partial charge >= 0.3 is 5.97 Å². The third-order valence-electron chi connectivity index (χ3n) is 3.24. The Labute approximate surface area is 144 Å². The average Bonchev–Trinajstić information content (AvgIpc) is 2.53. The van der Waals surface area contributed by atoms with Gasteiger partial charge in [-0.15, -0.1) is 11.8 Å². The number of methoxy groups -OCH3 is 1. The quantitative estimate of drug-likeness (QED) is 0.505. The van der Waals surface area contributed by atoms with E-state index in [-0.39, 0.29) is 17.8 Å². The van der Waals surface area contributed by atoms with Gasteiger partial charge < -0.3 is 9.64 Å². The van der Waals surface area contributed by atoms with Crippen molar-refractivity contribution < 1.29 is 14.3 Å². The Kier molecular flexibility index (Phi) is 8.56. The van der Waals surface area contributed by atoms with Crippen LogP contribution in [0, 0.1) is 5.92 Å². The molecule has 0 heterocycles. The zero-order valence-electron chi connectivity index (χ0n) is 13.2. The molecule has 0 saturated carbocycles. The van der Waals surface area contributed by atoms with Crippen LogP contribution in [-0.4, -0.2) is 42.7 Å². The van der Waals surface area contributed by atoms with E-state index in [1.54, 1.807) is 23.6 Å². The largest absolute Gasteiger partial charge is 0.469 e. The minimum atomic E-state index is -0.301. The first-order chi connectivity index (χ1) is 10.5. The molecule has 1 aromatic carbocycles. The molecule has 0 aliphatic heterocycles. The van der Waals surface area contributed by atoms with Crippen molar-refractivity contribution in [2.24, 2.45) is 5.92 Å². The number of amides is 1. The van der Waals surface area contributed by atoms with Gasteiger partial charge in [0.25, 0.3) is 0 Å². The van der Waals surface area contributed by atoms with Crippen molar-refractivity contribution in [2.75, 3.05) is 26.0 Å². The number of carbonyl (C=O) groups excluding carboxylic acids is 2. The third kappa shape index (κ3) is 6.01. The molecule has 0 aliphatic rings. The average molecular weight is 388 g/mol. The fourth-order valence-electron chi connectivity index (χ4n) is 1.98. The molecule has 0 aromatic heterocycles. The predicted octanol–water partition coefficient (Wildman–Crippen LogP) is 3.59. The van der Waals surface area contributed by atoms with Gasteiger partial charge in [-0.2, -0.15) is 0 Å². The molecule has 1 rings (SSSR count). The SMILES string of the molecule is CCN(CC(C)C(=O)OC)C(=O)CCSc1ccccc1Br. The topological polar surface area (TPSA) is 46.6 Å². The van der Waals surface area contributed by atoms with Gasteiger partial charge in [0, 0.05) is 34.6 Å². The molecule has 0 saturated heterocycles. The van der Waals surface area contributed by atoms with E-state index >= 15 is 0 Å². The lowest BCUT2D eigenvalue weighted by atomic mass is 10.1. The maximum atomic E-state index is 12.2. The zero-order valence-corrected chi connectivity index (χ0v) is 15.6. The minimum Gasteiger partial charge on any atom is -0.469 e. The molecular weight excluding hydrogens is 366 g/mol. The smallest absolute Gasteiger partial charge is 0.310 e. The van der Waals surface area contributed by atoms with E-state index in [4.69, 9.17) is 4.74 Å². The minimum absolute atomic E-state index is 0.0674. The maximum Gasteiger partial charge on any atom is 0.310 e. The highest BCUT2D eigenvalue weighted by atomic mass is 79.9. The lowest BCUT2D eigenvalue weighted by Gasteiger charge is -2.23. The first kappa shape index (κ1) is 19.0. The van der Waals surface area contributed by atoms with Gasteiger partial charge in [0.05, 0.1) is 13.0 Å². The number of ether oxygens (including phenoxy) is 1.